The number of esters is 1. The van der Waals surface area contributed by atoms with Gasteiger partial charge in [0.25, 0.3) is 0 Å². The lowest BCUT2D eigenvalue weighted by Crippen LogP contribution is -2.08. The molecule has 1 aliphatic carbocycles. The summed E-state index contributed by atoms with van der Waals surface area (Å²) in [6.45, 7) is 2.35. The number of allylic oxidation sites excluding steroid dienone is 1. The molecular weight excluding hydrogens is 212 g/mol. The molecule has 17 heavy (non-hydrogen) atoms. The first-order valence-electron chi connectivity index (χ1n) is 7.20. The highest BCUT2D eigenvalue weighted by Gasteiger charge is 2.10. The van der Waals surface area contributed by atoms with E-state index < -0.39 is 0 Å². The van der Waals surface area contributed by atoms with Crippen molar-refractivity contribution in [1.82, 2.24) is 0 Å². The fraction of sp³-hybridized carbons (Fsp3) is 0.800. The fourth-order valence-electron chi connectivity index (χ4n) is 2.31. The Morgan fingerprint density at radius 1 is 1.06 bits per heavy atom. The maximum Gasteiger partial charge on any atom is 0.333 e. The summed E-state index contributed by atoms with van der Waals surface area (Å²) in [5.74, 6) is -0.0930. The van der Waals surface area contributed by atoms with Crippen LogP contribution in [0.4, 0.5) is 0 Å². The summed E-state index contributed by atoms with van der Waals surface area (Å²) >= 11 is 0. The van der Waals surface area contributed by atoms with Crippen molar-refractivity contribution in [2.75, 3.05) is 6.61 Å². The predicted octanol–water partition coefficient (Wildman–Crippen LogP) is 4.39. The second kappa shape index (κ2) is 9.26. The highest BCUT2D eigenvalue weighted by molar-refractivity contribution is 5.88. The molecule has 0 unspecified atom stereocenters. The molecule has 2 heteroatoms. The van der Waals surface area contributed by atoms with Gasteiger partial charge in [0.05, 0.1) is 6.61 Å². The van der Waals surface area contributed by atoms with Gasteiger partial charge in [0.1, 0.15) is 0 Å². The van der Waals surface area contributed by atoms with E-state index in [2.05, 4.69) is 6.08 Å². The molecule has 0 bridgehead atoms. The van der Waals surface area contributed by atoms with Crippen LogP contribution in [-0.2, 0) is 9.53 Å². The number of rotatable bonds is 2. The molecule has 0 aromatic rings. The normalized spacial score (nSPS) is 22.8. The smallest absolute Gasteiger partial charge is 0.333 e. The van der Waals surface area contributed by atoms with Crippen LogP contribution in [0.1, 0.15) is 71.1 Å². The molecule has 0 atom stereocenters. The van der Waals surface area contributed by atoms with Crippen LogP contribution in [0.2, 0.25) is 0 Å². The van der Waals surface area contributed by atoms with Crippen molar-refractivity contribution in [2.45, 2.75) is 71.1 Å². The summed E-state index contributed by atoms with van der Waals surface area (Å²) in [6, 6.07) is 0. The molecule has 0 amide bonds. The van der Waals surface area contributed by atoms with E-state index >= 15 is 0 Å². The Morgan fingerprint density at radius 3 is 2.29 bits per heavy atom. The Bertz CT molecular complexity index is 243. The first kappa shape index (κ1) is 14.3. The van der Waals surface area contributed by atoms with Crippen LogP contribution in [-0.4, -0.2) is 12.6 Å². The van der Waals surface area contributed by atoms with Crippen LogP contribution in [0, 0.1) is 0 Å². The van der Waals surface area contributed by atoms with E-state index in [-0.39, 0.29) is 5.97 Å². The largest absolute Gasteiger partial charge is 0.463 e. The summed E-state index contributed by atoms with van der Waals surface area (Å²) in [7, 11) is 0. The first-order valence-corrected chi connectivity index (χ1v) is 7.20. The van der Waals surface area contributed by atoms with E-state index in [0.717, 1.165) is 24.8 Å². The zero-order chi connectivity index (χ0) is 12.3. The van der Waals surface area contributed by atoms with Gasteiger partial charge >= 0.3 is 5.97 Å². The average Bonchev–Trinajstić information content (AvgIpc) is 2.30. The Morgan fingerprint density at radius 2 is 1.65 bits per heavy atom. The molecule has 1 aliphatic rings. The van der Waals surface area contributed by atoms with Crippen molar-refractivity contribution in [3.05, 3.63) is 11.6 Å². The Hall–Kier alpha value is -0.790. The summed E-state index contributed by atoms with van der Waals surface area (Å²) in [5.41, 5.74) is 0.910. The molecule has 0 N–H and O–H groups in total. The van der Waals surface area contributed by atoms with Gasteiger partial charge in [-0.2, -0.15) is 0 Å². The van der Waals surface area contributed by atoms with Gasteiger partial charge in [0.2, 0.25) is 0 Å². The van der Waals surface area contributed by atoms with Crippen molar-refractivity contribution in [2.24, 2.45) is 0 Å². The van der Waals surface area contributed by atoms with Crippen molar-refractivity contribution < 1.29 is 9.53 Å². The number of carbonyl (C=O) groups is 1. The minimum Gasteiger partial charge on any atom is -0.463 e. The minimum atomic E-state index is -0.0930. The first-order chi connectivity index (χ1) is 8.34. The van der Waals surface area contributed by atoms with Crippen LogP contribution < -0.4 is 0 Å². The number of hydrogen-bond acceptors (Lipinski definition) is 2. The quantitative estimate of drug-likeness (QED) is 0.667. The molecule has 2 nitrogen and oxygen atoms in total. The van der Waals surface area contributed by atoms with E-state index in [1.54, 1.807) is 0 Å². The van der Waals surface area contributed by atoms with Crippen LogP contribution >= 0.6 is 0 Å². The molecule has 0 fully saturated rings. The van der Waals surface area contributed by atoms with E-state index in [1.165, 1.54) is 44.9 Å². The lowest BCUT2D eigenvalue weighted by molar-refractivity contribution is -0.138. The van der Waals surface area contributed by atoms with E-state index in [1.807, 2.05) is 6.92 Å². The van der Waals surface area contributed by atoms with E-state index in [9.17, 15) is 4.79 Å². The maximum absolute atomic E-state index is 11.7. The van der Waals surface area contributed by atoms with Crippen LogP contribution in [0.15, 0.2) is 11.6 Å². The fourth-order valence-corrected chi connectivity index (χ4v) is 2.31. The third kappa shape index (κ3) is 6.50. The van der Waals surface area contributed by atoms with Gasteiger partial charge in [-0.05, 0) is 32.6 Å². The van der Waals surface area contributed by atoms with Crippen LogP contribution in [0.3, 0.4) is 0 Å². The van der Waals surface area contributed by atoms with Gasteiger partial charge < -0.3 is 4.74 Å². The third-order valence-corrected chi connectivity index (χ3v) is 3.33. The Balaban J connectivity index is 2.47. The van der Waals surface area contributed by atoms with Gasteiger partial charge in [0.15, 0.2) is 0 Å². The van der Waals surface area contributed by atoms with Crippen molar-refractivity contribution >= 4 is 5.97 Å². The third-order valence-electron chi connectivity index (χ3n) is 3.33. The monoisotopic (exact) mass is 238 g/mol. The highest BCUT2D eigenvalue weighted by atomic mass is 16.5. The second-order valence-corrected chi connectivity index (χ2v) is 4.82. The predicted molar refractivity (Wildman–Crippen MR) is 70.9 cm³/mol. The average molecular weight is 238 g/mol. The number of ether oxygens (including phenoxy) is 1. The molecule has 0 saturated carbocycles. The summed E-state index contributed by atoms with van der Waals surface area (Å²) in [4.78, 5) is 11.7. The number of carbonyl (C=O) groups excluding carboxylic acids is 1. The topological polar surface area (TPSA) is 26.3 Å². The van der Waals surface area contributed by atoms with Crippen molar-refractivity contribution in [1.29, 1.82) is 0 Å². The van der Waals surface area contributed by atoms with Crippen LogP contribution in [0.25, 0.3) is 0 Å². The van der Waals surface area contributed by atoms with Gasteiger partial charge in [-0.25, -0.2) is 4.79 Å². The van der Waals surface area contributed by atoms with Crippen molar-refractivity contribution in [3.63, 3.8) is 0 Å². The maximum atomic E-state index is 11.7. The molecule has 0 aliphatic heterocycles. The standard InChI is InChI=1S/C15H26O2/c1-2-17-15(16)14-12-10-8-6-4-3-5-7-9-11-13-14/h12H,2-11,13H2,1H3/b14-12+. The molecule has 0 aromatic heterocycles. The van der Waals surface area contributed by atoms with Gasteiger partial charge in [0, 0.05) is 5.57 Å². The molecule has 0 aromatic carbocycles. The molecule has 0 heterocycles. The molecule has 98 valence electrons. The van der Waals surface area contributed by atoms with Crippen LogP contribution in [0.5, 0.6) is 0 Å². The summed E-state index contributed by atoms with van der Waals surface area (Å²) in [5, 5.41) is 0. The summed E-state index contributed by atoms with van der Waals surface area (Å²) in [6.07, 6.45) is 14.3. The van der Waals surface area contributed by atoms with Gasteiger partial charge in [-0.1, -0.05) is 44.6 Å². The zero-order valence-corrected chi connectivity index (χ0v) is 11.2. The van der Waals surface area contributed by atoms with Crippen molar-refractivity contribution in [3.8, 4) is 0 Å². The molecule has 0 radical (unpaired) electrons. The molecule has 1 rings (SSSR count). The Labute approximate surface area is 105 Å². The van der Waals surface area contributed by atoms with Gasteiger partial charge in [-0.3, -0.25) is 0 Å². The lowest BCUT2D eigenvalue weighted by atomic mass is 10.0. The number of hydrogen-bond donors (Lipinski definition) is 0. The zero-order valence-electron chi connectivity index (χ0n) is 11.2. The van der Waals surface area contributed by atoms with Gasteiger partial charge in [-0.15, -0.1) is 0 Å². The Kier molecular flexibility index (Phi) is 7.78. The van der Waals surface area contributed by atoms with E-state index in [0.29, 0.717) is 6.61 Å². The highest BCUT2D eigenvalue weighted by Crippen LogP contribution is 2.17. The lowest BCUT2D eigenvalue weighted by Gasteiger charge is -2.09. The molecular formula is C15H26O2. The molecule has 0 spiro atoms. The van der Waals surface area contributed by atoms with E-state index in [4.69, 9.17) is 4.74 Å². The molecule has 0 saturated heterocycles. The summed E-state index contributed by atoms with van der Waals surface area (Å²) < 4.78 is 5.10. The minimum absolute atomic E-state index is 0.0930. The SMILES string of the molecule is CCOC(=O)/C1=C/CCCCCCCCCC1. The second-order valence-electron chi connectivity index (χ2n) is 4.82.